The van der Waals surface area contributed by atoms with Crippen molar-refractivity contribution in [3.05, 3.63) is 59.6 Å². The van der Waals surface area contributed by atoms with Crippen LogP contribution < -0.4 is 14.8 Å². The standard InChI is InChI=1S/C22H25ClN2O4/c23-18-5-4-8-20(15-18)28-14-11-24-22(27)17-9-12-25(13-10-17)21(26)16-29-19-6-2-1-3-7-19/h1-8,15,17H,9-14,16H2,(H,24,27). The van der Waals surface area contributed by atoms with E-state index in [4.69, 9.17) is 21.1 Å². The Hall–Kier alpha value is -2.73. The van der Waals surface area contributed by atoms with Gasteiger partial charge in [0.15, 0.2) is 6.61 Å². The second-order valence-corrected chi connectivity index (χ2v) is 7.29. The largest absolute Gasteiger partial charge is 0.492 e. The number of rotatable bonds is 8. The lowest BCUT2D eigenvalue weighted by Crippen LogP contribution is -2.45. The molecule has 0 unspecified atom stereocenters. The summed E-state index contributed by atoms with van der Waals surface area (Å²) in [5.74, 6) is 1.22. The van der Waals surface area contributed by atoms with Crippen molar-refractivity contribution in [1.82, 2.24) is 10.2 Å². The zero-order valence-electron chi connectivity index (χ0n) is 16.2. The van der Waals surface area contributed by atoms with Crippen LogP contribution in [-0.4, -0.2) is 49.6 Å². The van der Waals surface area contributed by atoms with Gasteiger partial charge in [-0.1, -0.05) is 35.9 Å². The molecule has 6 nitrogen and oxygen atoms in total. The molecule has 1 N–H and O–H groups in total. The highest BCUT2D eigenvalue weighted by atomic mass is 35.5. The minimum Gasteiger partial charge on any atom is -0.492 e. The molecule has 0 atom stereocenters. The van der Waals surface area contributed by atoms with Crippen molar-refractivity contribution in [2.45, 2.75) is 12.8 Å². The van der Waals surface area contributed by atoms with Gasteiger partial charge in [-0.3, -0.25) is 9.59 Å². The number of hydrogen-bond acceptors (Lipinski definition) is 4. The summed E-state index contributed by atoms with van der Waals surface area (Å²) in [6.07, 6.45) is 1.30. The molecule has 0 aromatic heterocycles. The zero-order valence-corrected chi connectivity index (χ0v) is 16.9. The van der Waals surface area contributed by atoms with Gasteiger partial charge in [-0.15, -0.1) is 0 Å². The molecule has 2 aromatic rings. The summed E-state index contributed by atoms with van der Waals surface area (Å²) >= 11 is 5.91. The van der Waals surface area contributed by atoms with E-state index in [-0.39, 0.29) is 24.3 Å². The van der Waals surface area contributed by atoms with E-state index in [1.807, 2.05) is 42.5 Å². The van der Waals surface area contributed by atoms with E-state index in [9.17, 15) is 9.59 Å². The molecule has 154 valence electrons. The van der Waals surface area contributed by atoms with E-state index in [1.54, 1.807) is 17.0 Å². The maximum atomic E-state index is 12.3. The molecule has 0 aliphatic carbocycles. The van der Waals surface area contributed by atoms with Gasteiger partial charge in [0.05, 0.1) is 6.54 Å². The first-order valence-electron chi connectivity index (χ1n) is 9.73. The van der Waals surface area contributed by atoms with E-state index in [0.29, 0.717) is 55.6 Å². The van der Waals surface area contributed by atoms with Crippen LogP contribution in [0.5, 0.6) is 11.5 Å². The van der Waals surface area contributed by atoms with Gasteiger partial charge in [0.25, 0.3) is 5.91 Å². The third kappa shape index (κ3) is 6.68. The highest BCUT2D eigenvalue weighted by Gasteiger charge is 2.27. The maximum absolute atomic E-state index is 12.3. The summed E-state index contributed by atoms with van der Waals surface area (Å²) in [5.41, 5.74) is 0. The van der Waals surface area contributed by atoms with Crippen molar-refractivity contribution in [2.75, 3.05) is 32.8 Å². The van der Waals surface area contributed by atoms with Crippen LogP contribution in [0, 0.1) is 5.92 Å². The average Bonchev–Trinajstić information content (AvgIpc) is 2.76. The van der Waals surface area contributed by atoms with Crippen LogP contribution in [0.1, 0.15) is 12.8 Å². The third-order valence-corrected chi connectivity index (χ3v) is 5.03. The minimum atomic E-state index is -0.0831. The predicted octanol–water partition coefficient (Wildman–Crippen LogP) is 3.15. The molecule has 29 heavy (non-hydrogen) atoms. The molecule has 3 rings (SSSR count). The first kappa shape index (κ1) is 21.0. The van der Waals surface area contributed by atoms with Gasteiger partial charge >= 0.3 is 0 Å². The Morgan fingerprint density at radius 3 is 2.45 bits per heavy atom. The van der Waals surface area contributed by atoms with Crippen LogP contribution in [-0.2, 0) is 9.59 Å². The Morgan fingerprint density at radius 1 is 1.00 bits per heavy atom. The molecule has 2 aromatic carbocycles. The number of hydrogen-bond donors (Lipinski definition) is 1. The summed E-state index contributed by atoms with van der Waals surface area (Å²) < 4.78 is 11.1. The van der Waals surface area contributed by atoms with Crippen LogP contribution in [0.2, 0.25) is 5.02 Å². The van der Waals surface area contributed by atoms with Crippen molar-refractivity contribution in [2.24, 2.45) is 5.92 Å². The summed E-state index contributed by atoms with van der Waals surface area (Å²) in [7, 11) is 0. The lowest BCUT2D eigenvalue weighted by atomic mass is 9.96. The molecule has 0 saturated carbocycles. The number of likely N-dealkylation sites (tertiary alicyclic amines) is 1. The maximum Gasteiger partial charge on any atom is 0.260 e. The molecule has 1 aliphatic rings. The summed E-state index contributed by atoms with van der Waals surface area (Å²) in [6, 6.07) is 16.4. The molecule has 1 fully saturated rings. The quantitative estimate of drug-likeness (QED) is 0.671. The van der Waals surface area contributed by atoms with Gasteiger partial charge in [-0.2, -0.15) is 0 Å². The van der Waals surface area contributed by atoms with Gasteiger partial charge in [-0.25, -0.2) is 0 Å². The molecule has 0 radical (unpaired) electrons. The fourth-order valence-corrected chi connectivity index (χ4v) is 3.37. The molecule has 2 amide bonds. The lowest BCUT2D eigenvalue weighted by molar-refractivity contribution is -0.137. The SMILES string of the molecule is O=C(NCCOc1cccc(Cl)c1)C1CCN(C(=O)COc2ccccc2)CC1. The highest BCUT2D eigenvalue weighted by molar-refractivity contribution is 6.30. The number of para-hydroxylation sites is 1. The average molecular weight is 417 g/mol. The van der Waals surface area contributed by atoms with E-state index in [1.165, 1.54) is 0 Å². The Balaban J connectivity index is 1.32. The first-order chi connectivity index (χ1) is 14.1. The fourth-order valence-electron chi connectivity index (χ4n) is 3.19. The van der Waals surface area contributed by atoms with Crippen LogP contribution in [0.4, 0.5) is 0 Å². The molecule has 7 heteroatoms. The van der Waals surface area contributed by atoms with Crippen molar-refractivity contribution < 1.29 is 19.1 Å². The second-order valence-electron chi connectivity index (χ2n) is 6.85. The predicted molar refractivity (Wildman–Crippen MR) is 111 cm³/mol. The van der Waals surface area contributed by atoms with E-state index in [2.05, 4.69) is 5.32 Å². The Morgan fingerprint density at radius 2 is 1.72 bits per heavy atom. The van der Waals surface area contributed by atoms with Gasteiger partial charge < -0.3 is 19.7 Å². The number of benzene rings is 2. The number of halogens is 1. The third-order valence-electron chi connectivity index (χ3n) is 4.79. The molecule has 1 saturated heterocycles. The normalized spacial score (nSPS) is 14.3. The van der Waals surface area contributed by atoms with Crippen LogP contribution in [0.3, 0.4) is 0 Å². The van der Waals surface area contributed by atoms with E-state index in [0.717, 1.165) is 0 Å². The first-order valence-corrected chi connectivity index (χ1v) is 10.1. The van der Waals surface area contributed by atoms with E-state index < -0.39 is 0 Å². The zero-order chi connectivity index (χ0) is 20.5. The van der Waals surface area contributed by atoms with E-state index >= 15 is 0 Å². The number of carbonyl (C=O) groups is 2. The van der Waals surface area contributed by atoms with Gasteiger partial charge in [0.1, 0.15) is 18.1 Å². The van der Waals surface area contributed by atoms with Crippen molar-refractivity contribution in [3.8, 4) is 11.5 Å². The molecule has 1 heterocycles. The minimum absolute atomic E-state index is 0.00679. The van der Waals surface area contributed by atoms with Crippen molar-refractivity contribution >= 4 is 23.4 Å². The number of nitrogens with one attached hydrogen (secondary N) is 1. The Labute approximate surface area is 175 Å². The van der Waals surface area contributed by atoms with Crippen molar-refractivity contribution in [1.29, 1.82) is 0 Å². The van der Waals surface area contributed by atoms with Gasteiger partial charge in [0, 0.05) is 24.0 Å². The lowest BCUT2D eigenvalue weighted by Gasteiger charge is -2.31. The Kier molecular flexibility index (Phi) is 7.76. The number of amides is 2. The summed E-state index contributed by atoms with van der Waals surface area (Å²) in [5, 5.41) is 3.52. The molecule has 1 aliphatic heterocycles. The molecular formula is C22H25ClN2O4. The summed E-state index contributed by atoms with van der Waals surface area (Å²) in [6.45, 7) is 1.94. The summed E-state index contributed by atoms with van der Waals surface area (Å²) in [4.78, 5) is 26.4. The van der Waals surface area contributed by atoms with Crippen LogP contribution >= 0.6 is 11.6 Å². The van der Waals surface area contributed by atoms with Crippen molar-refractivity contribution in [3.63, 3.8) is 0 Å². The van der Waals surface area contributed by atoms with Gasteiger partial charge in [-0.05, 0) is 43.2 Å². The Bertz CT molecular complexity index is 807. The fraction of sp³-hybridized carbons (Fsp3) is 0.364. The molecular weight excluding hydrogens is 392 g/mol. The highest BCUT2D eigenvalue weighted by Crippen LogP contribution is 2.19. The second kappa shape index (κ2) is 10.7. The number of piperidine rings is 1. The van der Waals surface area contributed by atoms with Gasteiger partial charge in [0.2, 0.25) is 5.91 Å². The molecule has 0 bridgehead atoms. The molecule has 0 spiro atoms. The number of carbonyl (C=O) groups excluding carboxylic acids is 2. The van der Waals surface area contributed by atoms with Crippen LogP contribution in [0.15, 0.2) is 54.6 Å². The number of nitrogens with zero attached hydrogens (tertiary/aromatic N) is 1. The smallest absolute Gasteiger partial charge is 0.260 e. The van der Waals surface area contributed by atoms with Crippen LogP contribution in [0.25, 0.3) is 0 Å². The number of ether oxygens (including phenoxy) is 2. The topological polar surface area (TPSA) is 67.9 Å². The monoisotopic (exact) mass is 416 g/mol.